The molecular formula is C38H48F2N8O2. The van der Waals surface area contributed by atoms with E-state index >= 15 is 0 Å². The molecule has 0 radical (unpaired) electrons. The Labute approximate surface area is 293 Å². The van der Waals surface area contributed by atoms with Crippen molar-refractivity contribution in [1.82, 2.24) is 34.3 Å². The Morgan fingerprint density at radius 1 is 1.02 bits per heavy atom. The molecule has 0 unspecified atom stereocenters. The topological polar surface area (TPSA) is 82.7 Å². The fourth-order valence-corrected chi connectivity index (χ4v) is 8.37. The van der Waals surface area contributed by atoms with Crippen LogP contribution in [0.5, 0.6) is 0 Å². The van der Waals surface area contributed by atoms with Gasteiger partial charge in [0.25, 0.3) is 6.43 Å². The van der Waals surface area contributed by atoms with E-state index in [0.29, 0.717) is 62.6 Å². The molecule has 0 spiro atoms. The lowest BCUT2D eigenvalue weighted by Crippen LogP contribution is -2.40. The molecule has 0 saturated carbocycles. The van der Waals surface area contributed by atoms with E-state index in [1.54, 1.807) is 37.1 Å². The molecule has 0 atom stereocenters. The number of amides is 2. The number of hydrogen-bond donors (Lipinski definition) is 0. The summed E-state index contributed by atoms with van der Waals surface area (Å²) in [6.45, 7) is 7.63. The van der Waals surface area contributed by atoms with Gasteiger partial charge >= 0.3 is 0 Å². The fourth-order valence-electron chi connectivity index (χ4n) is 8.37. The van der Waals surface area contributed by atoms with Crippen molar-refractivity contribution in [3.8, 4) is 23.5 Å². The van der Waals surface area contributed by atoms with Crippen molar-refractivity contribution in [2.24, 2.45) is 13.0 Å². The van der Waals surface area contributed by atoms with Gasteiger partial charge in [0, 0.05) is 93.2 Å². The first kappa shape index (κ1) is 34.2. The maximum atomic E-state index is 14.6. The summed E-state index contributed by atoms with van der Waals surface area (Å²) >= 11 is 0. The summed E-state index contributed by atoms with van der Waals surface area (Å²) in [6, 6.07) is 3.66. The molecule has 1 aromatic carbocycles. The molecule has 6 heterocycles. The summed E-state index contributed by atoms with van der Waals surface area (Å²) in [4.78, 5) is 34.1. The highest BCUT2D eigenvalue weighted by Gasteiger charge is 2.35. The second-order valence-corrected chi connectivity index (χ2v) is 14.4. The number of halogens is 2. The van der Waals surface area contributed by atoms with Crippen LogP contribution < -0.4 is 4.90 Å². The Balaban J connectivity index is 1.10. The first-order valence-electron chi connectivity index (χ1n) is 18.2. The number of nitrogens with zero attached hydrogens (tertiary/aromatic N) is 8. The molecule has 50 heavy (non-hydrogen) atoms. The molecule has 266 valence electrons. The third-order valence-corrected chi connectivity index (χ3v) is 11.2. The van der Waals surface area contributed by atoms with Gasteiger partial charge in [-0.05, 0) is 87.8 Å². The number of hydrogen-bond acceptors (Lipinski definition) is 6. The molecule has 2 saturated heterocycles. The lowest BCUT2D eigenvalue weighted by Gasteiger charge is -2.34. The van der Waals surface area contributed by atoms with Gasteiger partial charge < -0.3 is 19.6 Å². The van der Waals surface area contributed by atoms with Gasteiger partial charge in [-0.25, -0.2) is 8.78 Å². The van der Waals surface area contributed by atoms with Crippen LogP contribution in [0.4, 0.5) is 20.3 Å². The van der Waals surface area contributed by atoms with Gasteiger partial charge in [0.2, 0.25) is 11.8 Å². The van der Waals surface area contributed by atoms with Crippen LogP contribution in [0.3, 0.4) is 0 Å². The Bertz CT molecular complexity index is 1760. The molecule has 0 aliphatic carbocycles. The highest BCUT2D eigenvalue weighted by Crippen LogP contribution is 2.43. The SMILES string of the molecule is C#CC1CCN(CCCC(=O)N2CCC(n3nc(N4CCCc5cc(-c6cnn(C)c6)c(C(F)F)cc54)c4c3CCN(C(C)=O)C4)CC2)CC1. The number of rotatable bonds is 8. The van der Waals surface area contributed by atoms with Gasteiger partial charge in [-0.15, -0.1) is 12.3 Å². The highest BCUT2D eigenvalue weighted by molar-refractivity contribution is 5.78. The molecule has 4 aliphatic rings. The standard InChI is InChI=1S/C38H48F2N8O2/c1-4-27-9-16-44(17-10-27)14-6-8-36(50)45-18-11-30(12-19-45)48-34-13-20-46(26(2)49)25-33(34)38(42-48)47-15-5-7-28-21-31(29-23-41-43(3)24-29)32(37(39)40)22-35(28)47/h1,21-24,27,30,37H,5-20,25H2,2-3H3. The molecule has 0 bridgehead atoms. The van der Waals surface area contributed by atoms with Crippen LogP contribution >= 0.6 is 0 Å². The zero-order valence-corrected chi connectivity index (χ0v) is 29.3. The molecule has 2 fully saturated rings. The fraction of sp³-hybridized carbons (Fsp3) is 0.579. The molecule has 2 amide bonds. The number of fused-ring (bicyclic) bond motifs is 2. The van der Waals surface area contributed by atoms with E-state index in [9.17, 15) is 18.4 Å². The van der Waals surface area contributed by atoms with E-state index in [1.807, 2.05) is 15.9 Å². The summed E-state index contributed by atoms with van der Waals surface area (Å²) in [5.74, 6) is 4.25. The second kappa shape index (κ2) is 14.5. The third kappa shape index (κ3) is 6.89. The van der Waals surface area contributed by atoms with E-state index in [1.165, 1.54) is 0 Å². The van der Waals surface area contributed by atoms with Gasteiger partial charge in [-0.2, -0.15) is 10.2 Å². The van der Waals surface area contributed by atoms with Crippen LogP contribution in [0.25, 0.3) is 11.1 Å². The van der Waals surface area contributed by atoms with Crippen molar-refractivity contribution in [3.63, 3.8) is 0 Å². The number of piperidine rings is 2. The summed E-state index contributed by atoms with van der Waals surface area (Å²) in [6.07, 6.45) is 13.8. The number of alkyl halides is 2. The molecule has 3 aromatic rings. The van der Waals surface area contributed by atoms with Gasteiger partial charge in [0.05, 0.1) is 18.8 Å². The van der Waals surface area contributed by atoms with Crippen molar-refractivity contribution in [1.29, 1.82) is 0 Å². The van der Waals surface area contributed by atoms with Crippen LogP contribution in [-0.4, -0.2) is 91.9 Å². The number of terminal acetylenes is 1. The summed E-state index contributed by atoms with van der Waals surface area (Å²) in [5, 5.41) is 9.48. The molecule has 2 aromatic heterocycles. The predicted molar refractivity (Wildman–Crippen MR) is 188 cm³/mol. The van der Waals surface area contributed by atoms with E-state index < -0.39 is 6.43 Å². The molecular weight excluding hydrogens is 638 g/mol. The maximum absolute atomic E-state index is 14.6. The minimum absolute atomic E-state index is 0.0124. The van der Waals surface area contributed by atoms with E-state index in [4.69, 9.17) is 11.5 Å². The van der Waals surface area contributed by atoms with Crippen molar-refractivity contribution in [2.75, 3.05) is 50.7 Å². The zero-order valence-electron chi connectivity index (χ0n) is 29.3. The lowest BCUT2D eigenvalue weighted by atomic mass is 9.92. The Hall–Kier alpha value is -4.24. The van der Waals surface area contributed by atoms with Crippen LogP contribution in [-0.2, 0) is 36.0 Å². The van der Waals surface area contributed by atoms with Crippen LogP contribution in [0, 0.1) is 18.3 Å². The van der Waals surface area contributed by atoms with E-state index in [0.717, 1.165) is 92.9 Å². The highest BCUT2D eigenvalue weighted by atomic mass is 19.3. The number of likely N-dealkylation sites (tertiary alicyclic amines) is 2. The largest absolute Gasteiger partial charge is 0.343 e. The van der Waals surface area contributed by atoms with Gasteiger partial charge in [-0.3, -0.25) is 19.0 Å². The third-order valence-electron chi connectivity index (χ3n) is 11.2. The summed E-state index contributed by atoms with van der Waals surface area (Å²) in [7, 11) is 1.78. The normalized spacial score (nSPS) is 19.1. The van der Waals surface area contributed by atoms with Gasteiger partial charge in [-0.1, -0.05) is 0 Å². The lowest BCUT2D eigenvalue weighted by molar-refractivity contribution is -0.132. The first-order valence-corrected chi connectivity index (χ1v) is 18.2. The van der Waals surface area contributed by atoms with E-state index in [-0.39, 0.29) is 23.4 Å². The second-order valence-electron chi connectivity index (χ2n) is 14.4. The number of carbonyl (C=O) groups excluding carboxylic acids is 2. The Morgan fingerprint density at radius 2 is 1.80 bits per heavy atom. The molecule has 10 nitrogen and oxygen atoms in total. The molecule has 4 aliphatic heterocycles. The average molecular weight is 687 g/mol. The molecule has 7 rings (SSSR count). The Morgan fingerprint density at radius 3 is 2.48 bits per heavy atom. The van der Waals surface area contributed by atoms with Gasteiger partial charge in [0.15, 0.2) is 5.82 Å². The summed E-state index contributed by atoms with van der Waals surface area (Å²) < 4.78 is 33.0. The van der Waals surface area contributed by atoms with Crippen LogP contribution in [0.1, 0.15) is 86.7 Å². The quantitative estimate of drug-likeness (QED) is 0.292. The Kier molecular flexibility index (Phi) is 9.96. The molecule has 12 heteroatoms. The monoisotopic (exact) mass is 686 g/mol. The zero-order chi connectivity index (χ0) is 34.9. The number of anilines is 2. The van der Waals surface area contributed by atoms with Crippen molar-refractivity contribution < 1.29 is 18.4 Å². The first-order chi connectivity index (χ1) is 24.2. The van der Waals surface area contributed by atoms with Crippen molar-refractivity contribution >= 4 is 23.3 Å². The van der Waals surface area contributed by atoms with Crippen LogP contribution in [0.15, 0.2) is 24.5 Å². The van der Waals surface area contributed by atoms with Crippen LogP contribution in [0.2, 0.25) is 0 Å². The number of carbonyl (C=O) groups is 2. The predicted octanol–water partition coefficient (Wildman–Crippen LogP) is 5.50. The minimum atomic E-state index is -2.65. The number of aromatic nitrogens is 4. The number of benzene rings is 1. The average Bonchev–Trinajstić information content (AvgIpc) is 3.74. The van der Waals surface area contributed by atoms with Crippen molar-refractivity contribution in [2.45, 2.75) is 83.7 Å². The molecule has 0 N–H and O–H groups in total. The minimum Gasteiger partial charge on any atom is -0.343 e. The van der Waals surface area contributed by atoms with Gasteiger partial charge in [0.1, 0.15) is 0 Å². The maximum Gasteiger partial charge on any atom is 0.264 e. The smallest absolute Gasteiger partial charge is 0.264 e. The summed E-state index contributed by atoms with van der Waals surface area (Å²) in [5.41, 5.74) is 5.04. The number of aryl methyl sites for hydroxylation is 2. The van der Waals surface area contributed by atoms with E-state index in [2.05, 4.69) is 25.5 Å². The van der Waals surface area contributed by atoms with Crippen molar-refractivity contribution in [3.05, 3.63) is 46.9 Å².